The molecule has 1 saturated heterocycles. The molecule has 1 aromatic heterocycles. The zero-order valence-electron chi connectivity index (χ0n) is 22.6. The van der Waals surface area contributed by atoms with E-state index in [1.165, 1.54) is 0 Å². The van der Waals surface area contributed by atoms with Crippen LogP contribution in [0.4, 0.5) is 5.95 Å². The van der Waals surface area contributed by atoms with E-state index in [0.29, 0.717) is 12.5 Å². The quantitative estimate of drug-likeness (QED) is 0.421. The molecule has 0 aliphatic carbocycles. The van der Waals surface area contributed by atoms with Gasteiger partial charge in [-0.3, -0.25) is 0 Å². The average molecular weight is 532 g/mol. The summed E-state index contributed by atoms with van der Waals surface area (Å²) in [5.74, 6) is 0.663. The Morgan fingerprint density at radius 2 is 1.36 bits per heavy atom. The van der Waals surface area contributed by atoms with Crippen LogP contribution in [0.3, 0.4) is 0 Å². The molecule has 2 N–H and O–H groups in total. The van der Waals surface area contributed by atoms with Gasteiger partial charge in [0.15, 0.2) is 25.0 Å². The van der Waals surface area contributed by atoms with Crippen LogP contribution < -0.4 is 10.2 Å². The first-order valence-corrected chi connectivity index (χ1v) is 25.3. The van der Waals surface area contributed by atoms with Crippen LogP contribution in [0.5, 0.6) is 5.88 Å². The van der Waals surface area contributed by atoms with Crippen molar-refractivity contribution in [1.82, 2.24) is 9.97 Å². The Kier molecular flexibility index (Phi) is 8.82. The fourth-order valence-electron chi connectivity index (χ4n) is 3.49. The van der Waals surface area contributed by atoms with Crippen molar-refractivity contribution in [3.63, 3.8) is 0 Å². The fraction of sp³-hybridized carbons (Fsp3) is 0.810. The summed E-state index contributed by atoms with van der Waals surface area (Å²) in [6.07, 6.45) is 0.473. The van der Waals surface area contributed by atoms with Crippen LogP contribution in [0.1, 0.15) is 11.7 Å². The highest BCUT2D eigenvalue weighted by Crippen LogP contribution is 2.43. The number of nitrogens with zero attached hydrogens (tertiary/aromatic N) is 2. The van der Waals surface area contributed by atoms with Crippen molar-refractivity contribution in [2.75, 3.05) is 12.3 Å². The lowest BCUT2D eigenvalue weighted by molar-refractivity contribution is -0.0159. The van der Waals surface area contributed by atoms with Crippen molar-refractivity contribution < 1.29 is 22.4 Å². The molecule has 2 heterocycles. The van der Waals surface area contributed by atoms with E-state index in [4.69, 9.17) is 28.2 Å². The third-order valence-electron chi connectivity index (χ3n) is 4.48. The van der Waals surface area contributed by atoms with Crippen molar-refractivity contribution in [3.05, 3.63) is 11.8 Å². The first-order chi connectivity index (χ1) is 14.7. The number of hydrogen-bond acceptors (Lipinski definition) is 8. The summed E-state index contributed by atoms with van der Waals surface area (Å²) >= 11 is 0. The number of hydrogen-bond donors (Lipinski definition) is 1. The van der Waals surface area contributed by atoms with Crippen LogP contribution in [0.15, 0.2) is 6.20 Å². The number of rotatable bonds is 10. The van der Waals surface area contributed by atoms with Gasteiger partial charge in [0.25, 0.3) is 0 Å². The second-order valence-electron chi connectivity index (χ2n) is 12.6. The lowest BCUT2D eigenvalue weighted by Gasteiger charge is -2.35. The van der Waals surface area contributed by atoms with Crippen LogP contribution in [-0.2, 0) is 18.0 Å². The molecule has 0 spiro atoms. The Hall–Kier alpha value is -0.612. The summed E-state index contributed by atoms with van der Waals surface area (Å²) in [5.41, 5.74) is 6.69. The van der Waals surface area contributed by atoms with Crippen molar-refractivity contribution >= 4 is 39.2 Å². The molecule has 33 heavy (non-hydrogen) atoms. The lowest BCUT2D eigenvalue weighted by Crippen LogP contribution is -2.48. The molecule has 1 fully saturated rings. The normalized spacial score (nSPS) is 24.8. The predicted octanol–water partition coefficient (Wildman–Crippen LogP) is 5.00. The molecule has 190 valence electrons. The van der Waals surface area contributed by atoms with Gasteiger partial charge in [0.2, 0.25) is 20.1 Å². The summed E-state index contributed by atoms with van der Waals surface area (Å²) < 4.78 is 32.7. The topological polar surface area (TPSA) is 98.0 Å². The Morgan fingerprint density at radius 1 is 0.818 bits per heavy atom. The lowest BCUT2D eigenvalue weighted by atomic mass is 10.0. The minimum atomic E-state index is -1.96. The van der Waals surface area contributed by atoms with E-state index in [1.54, 1.807) is 6.20 Å². The summed E-state index contributed by atoms with van der Waals surface area (Å²) in [5, 5.41) is 0. The molecule has 4 atom stereocenters. The molecule has 1 unspecified atom stereocenters. The maximum absolute atomic E-state index is 6.74. The zero-order chi connectivity index (χ0) is 25.4. The second kappa shape index (κ2) is 10.2. The first-order valence-electron chi connectivity index (χ1n) is 11.7. The van der Waals surface area contributed by atoms with E-state index in [1.807, 2.05) is 0 Å². The largest absolute Gasteiger partial charge is 0.531 e. The van der Waals surface area contributed by atoms with Crippen molar-refractivity contribution in [1.29, 1.82) is 0 Å². The minimum absolute atomic E-state index is 0.182. The molecular formula is C21H45N3O5Si4. The zero-order valence-corrected chi connectivity index (χ0v) is 26.6. The fourth-order valence-corrected chi connectivity index (χ4v) is 7.07. The van der Waals surface area contributed by atoms with E-state index in [0.717, 1.165) is 5.56 Å². The molecule has 8 nitrogen and oxygen atoms in total. The number of nitrogen functional groups attached to an aromatic ring is 1. The minimum Gasteiger partial charge on any atom is -0.531 e. The highest BCUT2D eigenvalue weighted by Gasteiger charge is 2.51. The predicted molar refractivity (Wildman–Crippen MR) is 144 cm³/mol. The van der Waals surface area contributed by atoms with Crippen molar-refractivity contribution in [3.8, 4) is 5.88 Å². The van der Waals surface area contributed by atoms with Crippen molar-refractivity contribution in [2.24, 2.45) is 0 Å². The van der Waals surface area contributed by atoms with Crippen LogP contribution in [-0.4, -0.2) is 68.2 Å². The number of anilines is 1. The van der Waals surface area contributed by atoms with Gasteiger partial charge >= 0.3 is 0 Å². The van der Waals surface area contributed by atoms with Crippen LogP contribution in [0, 0.1) is 0 Å². The summed E-state index contributed by atoms with van der Waals surface area (Å²) in [6.45, 7) is 26.4. The molecule has 12 heteroatoms. The van der Waals surface area contributed by atoms with Gasteiger partial charge in [-0.15, -0.1) is 0 Å². The van der Waals surface area contributed by atoms with Gasteiger partial charge in [-0.25, -0.2) is 4.98 Å². The molecule has 0 radical (unpaired) electrons. The summed E-state index contributed by atoms with van der Waals surface area (Å²) in [4.78, 5) is 8.72. The maximum Gasteiger partial charge on any atom is 0.244 e. The van der Waals surface area contributed by atoms with E-state index in [9.17, 15) is 0 Å². The average Bonchev–Trinajstić information content (AvgIpc) is 2.85. The summed E-state index contributed by atoms with van der Waals surface area (Å²) in [7, 11) is -7.58. The van der Waals surface area contributed by atoms with E-state index in [-0.39, 0.29) is 24.3 Å². The monoisotopic (exact) mass is 531 g/mol. The molecule has 0 saturated carbocycles. The van der Waals surface area contributed by atoms with Crippen molar-refractivity contribution in [2.45, 2.75) is 103 Å². The summed E-state index contributed by atoms with van der Waals surface area (Å²) in [6, 6.07) is 0. The molecule has 1 aromatic rings. The van der Waals surface area contributed by atoms with E-state index < -0.39 is 39.4 Å². The van der Waals surface area contributed by atoms with Gasteiger partial charge in [-0.05, 0) is 78.6 Å². The molecule has 1 aliphatic rings. The highest BCUT2D eigenvalue weighted by atomic mass is 28.4. The Bertz CT molecular complexity index is 803. The molecule has 2 rings (SSSR count). The van der Waals surface area contributed by atoms with Gasteiger partial charge in [0.05, 0.1) is 12.2 Å². The Labute approximate surface area is 204 Å². The van der Waals surface area contributed by atoms with E-state index >= 15 is 0 Å². The van der Waals surface area contributed by atoms with Crippen LogP contribution in [0.2, 0.25) is 78.6 Å². The highest BCUT2D eigenvalue weighted by molar-refractivity contribution is 6.71. The van der Waals surface area contributed by atoms with E-state index in [2.05, 4.69) is 88.5 Å². The third kappa shape index (κ3) is 9.51. The van der Waals surface area contributed by atoms with Gasteiger partial charge in [-0.1, -0.05) is 0 Å². The van der Waals surface area contributed by atoms with Gasteiger partial charge < -0.3 is 28.2 Å². The van der Waals surface area contributed by atoms with Gasteiger partial charge in [0, 0.05) is 6.20 Å². The Morgan fingerprint density at radius 3 is 1.85 bits per heavy atom. The number of ether oxygens (including phenoxy) is 1. The molecular weight excluding hydrogens is 487 g/mol. The first kappa shape index (κ1) is 28.6. The van der Waals surface area contributed by atoms with Crippen LogP contribution in [0.25, 0.3) is 0 Å². The second-order valence-corrected chi connectivity index (χ2v) is 30.5. The Balaban J connectivity index is 2.54. The molecule has 0 amide bonds. The molecule has 1 aliphatic heterocycles. The maximum atomic E-state index is 6.74. The smallest absolute Gasteiger partial charge is 0.244 e. The standard InChI is InChI=1S/C21H45N3O5Si4/c1-30(2,3)25-14-16-18(27-31(4,5)6)19(28-32(7,8)9)17(26-16)15-13-23-21(22)24-20(15)29-33(10,11)12/h13,16-19H,14H2,1-12H3,(H2,22,23,24)/t16-,17+,18?,19-/m1/s1. The third-order valence-corrected chi connectivity index (χ3v) is 8.28. The SMILES string of the molecule is C[Si](C)(C)OC[C@H]1O[C@@H](c2cnc(N)nc2O[Si](C)(C)C)[C@@H](O[Si](C)(C)C)C1O[Si](C)(C)C. The van der Waals surface area contributed by atoms with Gasteiger partial charge in [-0.2, -0.15) is 4.98 Å². The number of nitrogens with two attached hydrogens (primary N) is 1. The molecule has 0 bridgehead atoms. The van der Waals surface area contributed by atoms with Crippen LogP contribution >= 0.6 is 0 Å². The molecule has 0 aromatic carbocycles. The number of aromatic nitrogens is 2. The van der Waals surface area contributed by atoms with Gasteiger partial charge in [0.1, 0.15) is 24.4 Å².